The van der Waals surface area contributed by atoms with Crippen LogP contribution in [0.25, 0.3) is 23.0 Å². The number of halogens is 1. The summed E-state index contributed by atoms with van der Waals surface area (Å²) in [5.74, 6) is 0.186. The summed E-state index contributed by atoms with van der Waals surface area (Å²) in [6.45, 7) is 2.20. The van der Waals surface area contributed by atoms with Crippen LogP contribution in [0.1, 0.15) is 30.4 Å². The number of carbonyl (C=O) groups excluding carboxylic acids is 1. The average molecular weight is 539 g/mol. The number of rotatable bonds is 6. The number of thioether (sulfide) groups is 1. The van der Waals surface area contributed by atoms with Crippen molar-refractivity contribution in [3.63, 3.8) is 0 Å². The highest BCUT2D eigenvalue weighted by Crippen LogP contribution is 2.34. The van der Waals surface area contributed by atoms with Crippen LogP contribution in [0.15, 0.2) is 95.0 Å². The number of ether oxygens (including phenoxy) is 1. The van der Waals surface area contributed by atoms with Crippen LogP contribution in [0.4, 0.5) is 4.39 Å². The van der Waals surface area contributed by atoms with Crippen LogP contribution >= 0.6 is 11.8 Å². The highest BCUT2D eigenvalue weighted by Gasteiger charge is 2.27. The Morgan fingerprint density at radius 2 is 1.74 bits per heavy atom. The molecule has 0 radical (unpaired) electrons. The van der Waals surface area contributed by atoms with Gasteiger partial charge in [-0.05, 0) is 79.1 Å². The molecular weight excluding hydrogens is 511 g/mol. The number of nitrogens with zero attached hydrogens (tertiary/aromatic N) is 4. The number of amidine groups is 1. The molecule has 0 N–H and O–H groups in total. The number of aromatic nitrogens is 2. The molecule has 0 spiro atoms. The van der Waals surface area contributed by atoms with Crippen LogP contribution < -0.4 is 4.74 Å². The van der Waals surface area contributed by atoms with E-state index in [1.807, 2.05) is 71.6 Å². The number of piperidine rings is 1. The second-order valence-electron chi connectivity index (χ2n) is 9.51. The molecule has 1 saturated heterocycles. The lowest BCUT2D eigenvalue weighted by Crippen LogP contribution is -2.33. The minimum atomic E-state index is -0.274. The maximum atomic E-state index is 13.3. The zero-order chi connectivity index (χ0) is 26.6. The maximum absolute atomic E-state index is 13.3. The average Bonchev–Trinajstić information content (AvgIpc) is 3.57. The Labute approximate surface area is 230 Å². The van der Waals surface area contributed by atoms with E-state index in [2.05, 4.69) is 9.89 Å². The third kappa shape index (κ3) is 5.81. The molecule has 1 fully saturated rings. The molecule has 0 aliphatic carbocycles. The van der Waals surface area contributed by atoms with Gasteiger partial charge in [-0.15, -0.1) is 0 Å². The molecule has 3 aromatic carbocycles. The molecule has 39 heavy (non-hydrogen) atoms. The normalized spacial score (nSPS) is 16.5. The second-order valence-corrected chi connectivity index (χ2v) is 10.5. The van der Waals surface area contributed by atoms with Gasteiger partial charge in [0.2, 0.25) is 0 Å². The first-order valence-electron chi connectivity index (χ1n) is 13.0. The summed E-state index contributed by atoms with van der Waals surface area (Å²) in [4.78, 5) is 20.0. The highest BCUT2D eigenvalue weighted by molar-refractivity contribution is 8.18. The molecule has 0 saturated carbocycles. The smallest absolute Gasteiger partial charge is 0.286 e. The predicted molar refractivity (Wildman–Crippen MR) is 153 cm³/mol. The highest BCUT2D eigenvalue weighted by atomic mass is 32.2. The lowest BCUT2D eigenvalue weighted by atomic mass is 10.1. The summed E-state index contributed by atoms with van der Waals surface area (Å²) in [5, 5.41) is 5.69. The largest absolute Gasteiger partial charge is 0.489 e. The van der Waals surface area contributed by atoms with Gasteiger partial charge in [0.05, 0.1) is 10.6 Å². The topological polar surface area (TPSA) is 59.7 Å². The van der Waals surface area contributed by atoms with Gasteiger partial charge in [0.25, 0.3) is 5.91 Å². The summed E-state index contributed by atoms with van der Waals surface area (Å²) in [6.07, 6.45) is 7.30. The van der Waals surface area contributed by atoms with Crippen molar-refractivity contribution >= 4 is 28.9 Å². The van der Waals surface area contributed by atoms with Gasteiger partial charge in [-0.3, -0.25) is 4.79 Å². The number of amides is 1. The molecule has 3 heterocycles. The van der Waals surface area contributed by atoms with Gasteiger partial charge >= 0.3 is 0 Å². The van der Waals surface area contributed by atoms with E-state index in [4.69, 9.17) is 9.84 Å². The van der Waals surface area contributed by atoms with E-state index < -0.39 is 0 Å². The molecular formula is C31H27FN4O2S. The van der Waals surface area contributed by atoms with Crippen LogP contribution in [-0.2, 0) is 11.4 Å². The fourth-order valence-corrected chi connectivity index (χ4v) is 5.63. The summed E-state index contributed by atoms with van der Waals surface area (Å²) in [6, 6.07) is 23.9. The van der Waals surface area contributed by atoms with Crippen LogP contribution in [0, 0.1) is 5.82 Å². The van der Waals surface area contributed by atoms with Crippen LogP contribution in [0.2, 0.25) is 0 Å². The van der Waals surface area contributed by atoms with Gasteiger partial charge in [-0.2, -0.15) is 10.1 Å². The first-order chi connectivity index (χ1) is 19.1. The monoisotopic (exact) mass is 538 g/mol. The maximum Gasteiger partial charge on any atom is 0.286 e. The van der Waals surface area contributed by atoms with E-state index in [-0.39, 0.29) is 11.7 Å². The number of para-hydroxylation sites is 1. The first-order valence-corrected chi connectivity index (χ1v) is 13.8. The van der Waals surface area contributed by atoms with Crippen LogP contribution in [-0.4, -0.2) is 38.8 Å². The predicted octanol–water partition coefficient (Wildman–Crippen LogP) is 6.71. The summed E-state index contributed by atoms with van der Waals surface area (Å²) in [7, 11) is 0. The van der Waals surface area contributed by atoms with Gasteiger partial charge in [-0.1, -0.05) is 42.5 Å². The number of hydrogen-bond donors (Lipinski definition) is 0. The van der Waals surface area contributed by atoms with Crippen molar-refractivity contribution in [2.75, 3.05) is 13.1 Å². The Balaban J connectivity index is 1.30. The zero-order valence-electron chi connectivity index (χ0n) is 21.3. The Hall–Kier alpha value is -4.17. The van der Waals surface area contributed by atoms with Crippen molar-refractivity contribution in [2.45, 2.75) is 25.9 Å². The summed E-state index contributed by atoms with van der Waals surface area (Å²) >= 11 is 1.44. The molecule has 6 nitrogen and oxygen atoms in total. The van der Waals surface area contributed by atoms with Gasteiger partial charge < -0.3 is 9.64 Å². The summed E-state index contributed by atoms with van der Waals surface area (Å²) in [5.41, 5.74) is 4.21. The molecule has 1 amide bonds. The number of hydrogen-bond acceptors (Lipinski definition) is 5. The van der Waals surface area contributed by atoms with Crippen molar-refractivity contribution in [1.82, 2.24) is 14.7 Å². The third-order valence-electron chi connectivity index (χ3n) is 6.71. The van der Waals surface area contributed by atoms with E-state index in [1.54, 1.807) is 12.1 Å². The Kier molecular flexibility index (Phi) is 7.27. The van der Waals surface area contributed by atoms with E-state index in [1.165, 1.54) is 30.3 Å². The van der Waals surface area contributed by atoms with Crippen LogP contribution in [0.3, 0.4) is 0 Å². The minimum absolute atomic E-state index is 0.213. The lowest BCUT2D eigenvalue weighted by molar-refractivity contribution is -0.113. The molecule has 2 aliphatic rings. The van der Waals surface area contributed by atoms with E-state index in [0.717, 1.165) is 59.2 Å². The molecule has 1 aromatic heterocycles. The Morgan fingerprint density at radius 1 is 0.949 bits per heavy atom. The molecule has 0 unspecified atom stereocenters. The number of benzene rings is 3. The standard InChI is InChI=1S/C31H27FN4O2S/c32-25-14-12-22(13-15-25)21-38-27-11-7-8-23(18-27)29-24(20-36(34-29)26-9-3-1-4-10-26)19-28-30(37)33-31(39-28)35-16-5-2-6-17-35/h1,3-4,7-15,18-20H,2,5-6,16-17,21H2/b28-19-. The molecule has 0 atom stereocenters. The first kappa shape index (κ1) is 25.1. The van der Waals surface area contributed by atoms with Crippen molar-refractivity contribution in [3.8, 4) is 22.7 Å². The number of carbonyl (C=O) groups is 1. The molecule has 2 aliphatic heterocycles. The quantitative estimate of drug-likeness (QED) is 0.255. The lowest BCUT2D eigenvalue weighted by Gasteiger charge is -2.27. The van der Waals surface area contributed by atoms with Crippen molar-refractivity contribution in [3.05, 3.63) is 107 Å². The van der Waals surface area contributed by atoms with Crippen LogP contribution in [0.5, 0.6) is 5.75 Å². The van der Waals surface area contributed by atoms with Crippen molar-refractivity contribution in [2.24, 2.45) is 4.99 Å². The molecule has 0 bridgehead atoms. The van der Waals surface area contributed by atoms with Gasteiger partial charge in [0, 0.05) is 30.4 Å². The van der Waals surface area contributed by atoms with Crippen molar-refractivity contribution < 1.29 is 13.9 Å². The molecule has 8 heteroatoms. The van der Waals surface area contributed by atoms with E-state index in [9.17, 15) is 9.18 Å². The summed E-state index contributed by atoms with van der Waals surface area (Å²) < 4.78 is 21.1. The minimum Gasteiger partial charge on any atom is -0.489 e. The SMILES string of the molecule is O=C1N=C(N2CCCCC2)S/C1=C\c1cn(-c2ccccc2)nc1-c1cccc(OCc2ccc(F)cc2)c1. The molecule has 4 aromatic rings. The molecule has 6 rings (SSSR count). The van der Waals surface area contributed by atoms with E-state index in [0.29, 0.717) is 17.3 Å². The fourth-order valence-electron chi connectivity index (χ4n) is 4.67. The van der Waals surface area contributed by atoms with Crippen molar-refractivity contribution in [1.29, 1.82) is 0 Å². The fraction of sp³-hybridized carbons (Fsp3) is 0.194. The second kappa shape index (κ2) is 11.3. The van der Waals surface area contributed by atoms with Gasteiger partial charge in [0.15, 0.2) is 5.17 Å². The zero-order valence-corrected chi connectivity index (χ0v) is 22.1. The molecule has 196 valence electrons. The van der Waals surface area contributed by atoms with Gasteiger partial charge in [0.1, 0.15) is 23.9 Å². The Morgan fingerprint density at radius 3 is 2.54 bits per heavy atom. The van der Waals surface area contributed by atoms with Gasteiger partial charge in [-0.25, -0.2) is 9.07 Å². The number of aliphatic imine (C=N–C) groups is 1. The number of likely N-dealkylation sites (tertiary alicyclic amines) is 1. The third-order valence-corrected chi connectivity index (χ3v) is 7.76. The van der Waals surface area contributed by atoms with E-state index >= 15 is 0 Å². The Bertz CT molecular complexity index is 1540.